The number of carbonyl (C=O) groups excluding carboxylic acids is 1. The monoisotopic (exact) mass is 532 g/mol. The van der Waals surface area contributed by atoms with Crippen molar-refractivity contribution in [2.45, 2.75) is 32.4 Å². The second-order valence-corrected chi connectivity index (χ2v) is 9.46. The maximum absolute atomic E-state index is 13.5. The summed E-state index contributed by atoms with van der Waals surface area (Å²) in [7, 11) is 3.20. The summed E-state index contributed by atoms with van der Waals surface area (Å²) >= 11 is 6.30. The van der Waals surface area contributed by atoms with Crippen LogP contribution in [-0.4, -0.2) is 41.0 Å². The zero-order chi connectivity index (χ0) is 26.6. The number of benzene rings is 3. The van der Waals surface area contributed by atoms with E-state index >= 15 is 0 Å². The number of hydrogen-bond acceptors (Lipinski definition) is 5. The van der Waals surface area contributed by atoms with Crippen LogP contribution in [0.5, 0.6) is 23.1 Å². The van der Waals surface area contributed by atoms with E-state index in [4.69, 9.17) is 30.9 Å². The van der Waals surface area contributed by atoms with E-state index in [1.54, 1.807) is 18.9 Å². The quantitative estimate of drug-likeness (QED) is 0.255. The molecule has 5 rings (SSSR count). The number of halogens is 1. The molecule has 1 aliphatic carbocycles. The lowest BCUT2D eigenvalue weighted by Gasteiger charge is -2.24. The van der Waals surface area contributed by atoms with Gasteiger partial charge in [0, 0.05) is 11.1 Å². The van der Waals surface area contributed by atoms with Gasteiger partial charge in [0.1, 0.15) is 17.2 Å². The van der Waals surface area contributed by atoms with Gasteiger partial charge in [-0.15, -0.1) is 0 Å². The summed E-state index contributed by atoms with van der Waals surface area (Å²) < 4.78 is 18.8. The maximum atomic E-state index is 13.5. The first kappa shape index (κ1) is 25.5. The smallest absolute Gasteiger partial charge is 0.322 e. The van der Waals surface area contributed by atoms with Gasteiger partial charge in [0.2, 0.25) is 5.88 Å². The van der Waals surface area contributed by atoms with E-state index in [2.05, 4.69) is 5.32 Å². The van der Waals surface area contributed by atoms with Crippen molar-refractivity contribution in [3.8, 4) is 28.8 Å². The summed E-state index contributed by atoms with van der Waals surface area (Å²) in [6.45, 7) is 2.24. The molecule has 2 amide bonds. The second kappa shape index (κ2) is 11.1. The topological polar surface area (TPSA) is 77.8 Å². The number of urea groups is 1. The Morgan fingerprint density at radius 1 is 1.03 bits per heavy atom. The molecule has 38 heavy (non-hydrogen) atoms. The number of nitrogens with one attached hydrogen (secondary N) is 1. The standard InChI is InChI=1S/C29H29ClN4O4/c1-19-25(18-33(21-11-12-21)29(35)31-26-9-4-5-10-27(26)37-3)28(38-24-15-13-23(36-2)14-16-24)34(32-19)22-8-6-7-20(30)17-22/h4-10,13-17,21H,11-12,18H2,1-3H3,(H,31,35). The van der Waals surface area contributed by atoms with Crippen molar-refractivity contribution in [1.82, 2.24) is 14.7 Å². The maximum Gasteiger partial charge on any atom is 0.322 e. The number of carbonyl (C=O) groups is 1. The summed E-state index contributed by atoms with van der Waals surface area (Å²) in [5.41, 5.74) is 2.94. The van der Waals surface area contributed by atoms with Gasteiger partial charge >= 0.3 is 6.03 Å². The molecule has 1 fully saturated rings. The van der Waals surface area contributed by atoms with Gasteiger partial charge < -0.3 is 24.4 Å². The lowest BCUT2D eigenvalue weighted by atomic mass is 10.2. The van der Waals surface area contributed by atoms with Crippen molar-refractivity contribution in [2.24, 2.45) is 0 Å². The third kappa shape index (κ3) is 5.55. The Kier molecular flexibility index (Phi) is 7.42. The molecule has 0 bridgehead atoms. The highest BCUT2D eigenvalue weighted by atomic mass is 35.5. The van der Waals surface area contributed by atoms with E-state index in [0.29, 0.717) is 34.6 Å². The largest absolute Gasteiger partial charge is 0.497 e. The third-order valence-electron chi connectivity index (χ3n) is 6.39. The molecule has 196 valence electrons. The molecule has 1 aromatic heterocycles. The molecular weight excluding hydrogens is 504 g/mol. The number of aromatic nitrogens is 2. The Bertz CT molecular complexity index is 1430. The van der Waals surface area contributed by atoms with Crippen LogP contribution in [0.3, 0.4) is 0 Å². The van der Waals surface area contributed by atoms with E-state index in [9.17, 15) is 4.79 Å². The van der Waals surface area contributed by atoms with E-state index in [1.165, 1.54) is 0 Å². The summed E-state index contributed by atoms with van der Waals surface area (Å²) in [4.78, 5) is 15.3. The SMILES string of the molecule is COc1ccc(Oc2c(CN(C(=O)Nc3ccccc3OC)C3CC3)c(C)nn2-c2cccc(Cl)c2)cc1. The Morgan fingerprint density at radius 2 is 1.76 bits per heavy atom. The minimum atomic E-state index is -0.206. The highest BCUT2D eigenvalue weighted by molar-refractivity contribution is 6.30. The van der Waals surface area contributed by atoms with Crippen LogP contribution < -0.4 is 19.5 Å². The van der Waals surface area contributed by atoms with Crippen molar-refractivity contribution in [3.05, 3.63) is 89.1 Å². The summed E-state index contributed by atoms with van der Waals surface area (Å²) in [6, 6.07) is 22.0. The number of methoxy groups -OCH3 is 2. The van der Waals surface area contributed by atoms with Crippen LogP contribution in [0.25, 0.3) is 5.69 Å². The van der Waals surface area contributed by atoms with E-state index in [1.807, 2.05) is 84.6 Å². The van der Waals surface area contributed by atoms with Gasteiger partial charge in [0.15, 0.2) is 0 Å². The first-order valence-electron chi connectivity index (χ1n) is 12.3. The normalized spacial score (nSPS) is 12.6. The molecule has 0 atom stereocenters. The fraction of sp³-hybridized carbons (Fsp3) is 0.241. The first-order chi connectivity index (χ1) is 18.5. The van der Waals surface area contributed by atoms with Crippen LogP contribution >= 0.6 is 11.6 Å². The molecule has 0 aliphatic heterocycles. The lowest BCUT2D eigenvalue weighted by molar-refractivity contribution is 0.205. The van der Waals surface area contributed by atoms with Crippen LogP contribution in [0.15, 0.2) is 72.8 Å². The highest BCUT2D eigenvalue weighted by Gasteiger charge is 2.35. The number of ether oxygens (including phenoxy) is 3. The van der Waals surface area contributed by atoms with Crippen molar-refractivity contribution in [3.63, 3.8) is 0 Å². The average Bonchev–Trinajstić information content (AvgIpc) is 3.72. The molecule has 3 aromatic carbocycles. The predicted octanol–water partition coefficient (Wildman–Crippen LogP) is 6.84. The number of rotatable bonds is 9. The zero-order valence-corrected chi connectivity index (χ0v) is 22.2. The molecule has 1 heterocycles. The summed E-state index contributed by atoms with van der Waals surface area (Å²) in [5.74, 6) is 2.47. The minimum Gasteiger partial charge on any atom is -0.497 e. The van der Waals surface area contributed by atoms with Gasteiger partial charge in [-0.25, -0.2) is 9.48 Å². The van der Waals surface area contributed by atoms with Crippen LogP contribution in [-0.2, 0) is 6.54 Å². The average molecular weight is 533 g/mol. The number of hydrogen-bond donors (Lipinski definition) is 1. The van der Waals surface area contributed by atoms with Crippen molar-refractivity contribution >= 4 is 23.3 Å². The van der Waals surface area contributed by atoms with E-state index in [-0.39, 0.29) is 12.1 Å². The number of amides is 2. The van der Waals surface area contributed by atoms with Crippen molar-refractivity contribution < 1.29 is 19.0 Å². The zero-order valence-electron chi connectivity index (χ0n) is 21.5. The molecule has 0 radical (unpaired) electrons. The lowest BCUT2D eigenvalue weighted by Crippen LogP contribution is -2.36. The minimum absolute atomic E-state index is 0.132. The molecule has 1 N–H and O–H groups in total. The van der Waals surface area contributed by atoms with Crippen LogP contribution in [0.1, 0.15) is 24.1 Å². The van der Waals surface area contributed by atoms with Crippen molar-refractivity contribution in [1.29, 1.82) is 0 Å². The molecule has 0 saturated heterocycles. The number of anilines is 1. The number of aryl methyl sites for hydroxylation is 1. The Hall–Kier alpha value is -4.17. The van der Waals surface area contributed by atoms with Gasteiger partial charge in [-0.05, 0) is 74.4 Å². The second-order valence-electron chi connectivity index (χ2n) is 9.03. The molecule has 1 saturated carbocycles. The molecule has 9 heteroatoms. The summed E-state index contributed by atoms with van der Waals surface area (Å²) in [5, 5.41) is 8.38. The van der Waals surface area contributed by atoms with Crippen LogP contribution in [0, 0.1) is 6.92 Å². The van der Waals surface area contributed by atoms with Crippen LogP contribution in [0.4, 0.5) is 10.5 Å². The molecule has 0 unspecified atom stereocenters. The predicted molar refractivity (Wildman–Crippen MR) is 147 cm³/mol. The molecule has 0 spiro atoms. The molecular formula is C29H29ClN4O4. The van der Waals surface area contributed by atoms with Gasteiger partial charge in [0.25, 0.3) is 0 Å². The fourth-order valence-corrected chi connectivity index (χ4v) is 4.41. The van der Waals surface area contributed by atoms with E-state index < -0.39 is 0 Å². The number of nitrogens with zero attached hydrogens (tertiary/aromatic N) is 3. The highest BCUT2D eigenvalue weighted by Crippen LogP contribution is 2.36. The van der Waals surface area contributed by atoms with Crippen LogP contribution in [0.2, 0.25) is 5.02 Å². The Morgan fingerprint density at radius 3 is 2.45 bits per heavy atom. The Labute approximate surface area is 226 Å². The van der Waals surface area contributed by atoms with Gasteiger partial charge in [-0.3, -0.25) is 0 Å². The van der Waals surface area contributed by atoms with Gasteiger partial charge in [0.05, 0.1) is 43.4 Å². The fourth-order valence-electron chi connectivity index (χ4n) is 4.22. The third-order valence-corrected chi connectivity index (χ3v) is 6.62. The first-order valence-corrected chi connectivity index (χ1v) is 12.7. The van der Waals surface area contributed by atoms with Gasteiger partial charge in [-0.1, -0.05) is 29.8 Å². The summed E-state index contributed by atoms with van der Waals surface area (Å²) in [6.07, 6.45) is 1.88. The van der Waals surface area contributed by atoms with Crippen molar-refractivity contribution in [2.75, 3.05) is 19.5 Å². The number of para-hydroxylation sites is 2. The molecule has 1 aliphatic rings. The van der Waals surface area contributed by atoms with E-state index in [0.717, 1.165) is 35.5 Å². The molecule has 4 aromatic rings. The van der Waals surface area contributed by atoms with Gasteiger partial charge in [-0.2, -0.15) is 5.10 Å². The molecule has 8 nitrogen and oxygen atoms in total. The Balaban J connectivity index is 1.50.